The summed E-state index contributed by atoms with van der Waals surface area (Å²) in [6, 6.07) is 1.99. The van der Waals surface area contributed by atoms with Crippen molar-refractivity contribution in [3.8, 4) is 0 Å². The molecule has 1 saturated carbocycles. The van der Waals surface area contributed by atoms with Crippen molar-refractivity contribution in [3.05, 3.63) is 22.3 Å². The van der Waals surface area contributed by atoms with Crippen LogP contribution in [0.2, 0.25) is 0 Å². The number of aromatic nitrogens is 3. The fourth-order valence-electron chi connectivity index (χ4n) is 2.75. The molecule has 0 unspecified atom stereocenters. The van der Waals surface area contributed by atoms with Crippen LogP contribution in [-0.4, -0.2) is 39.0 Å². The molecule has 27 heavy (non-hydrogen) atoms. The van der Waals surface area contributed by atoms with Gasteiger partial charge in [0.05, 0.1) is 17.9 Å². The van der Waals surface area contributed by atoms with E-state index in [4.69, 9.17) is 4.74 Å². The second-order valence-corrected chi connectivity index (χ2v) is 8.93. The molecule has 0 aliphatic heterocycles. The number of anilines is 1. The quantitative estimate of drug-likeness (QED) is 0.525. The maximum absolute atomic E-state index is 12.4. The maximum Gasteiger partial charge on any atom is 0.341 e. The molecule has 9 heteroatoms. The van der Waals surface area contributed by atoms with E-state index in [1.54, 1.807) is 13.0 Å². The minimum atomic E-state index is -0.418. The van der Waals surface area contributed by atoms with Gasteiger partial charge < -0.3 is 14.6 Å². The number of carbonyl (C=O) groups excluding carboxylic acids is 2. The van der Waals surface area contributed by atoms with E-state index in [9.17, 15) is 9.59 Å². The lowest BCUT2D eigenvalue weighted by Gasteiger charge is -2.13. The van der Waals surface area contributed by atoms with E-state index in [2.05, 4.69) is 33.9 Å². The highest BCUT2D eigenvalue weighted by atomic mass is 32.2. The SMILES string of the molecule is CCOC(=O)c1cc(C)sc1NC(=O)CSc1nnc(C2CC2)n1C(C)C. The van der Waals surface area contributed by atoms with Gasteiger partial charge in [0.2, 0.25) is 5.91 Å². The summed E-state index contributed by atoms with van der Waals surface area (Å²) in [6.07, 6.45) is 2.31. The van der Waals surface area contributed by atoms with Crippen molar-refractivity contribution in [2.45, 2.75) is 57.7 Å². The van der Waals surface area contributed by atoms with Gasteiger partial charge in [-0.3, -0.25) is 4.79 Å². The number of amides is 1. The Kier molecular flexibility index (Phi) is 6.21. The summed E-state index contributed by atoms with van der Waals surface area (Å²) in [5, 5.41) is 12.7. The van der Waals surface area contributed by atoms with Crippen molar-refractivity contribution < 1.29 is 14.3 Å². The zero-order chi connectivity index (χ0) is 19.6. The van der Waals surface area contributed by atoms with Crippen LogP contribution in [-0.2, 0) is 9.53 Å². The molecule has 7 nitrogen and oxygen atoms in total. The monoisotopic (exact) mass is 408 g/mol. The van der Waals surface area contributed by atoms with Gasteiger partial charge >= 0.3 is 5.97 Å². The summed E-state index contributed by atoms with van der Waals surface area (Å²) >= 11 is 2.73. The standard InChI is InChI=1S/C18H24N4O3S2/c1-5-25-17(24)13-8-11(4)27-16(13)19-14(23)9-26-18-21-20-15(12-6-7-12)22(18)10(2)3/h8,10,12H,5-7,9H2,1-4H3,(H,19,23). The zero-order valence-electron chi connectivity index (χ0n) is 15.9. The fraction of sp³-hybridized carbons (Fsp3) is 0.556. The molecule has 0 bridgehead atoms. The number of carbonyl (C=O) groups is 2. The molecule has 0 spiro atoms. The highest BCUT2D eigenvalue weighted by Gasteiger charge is 2.31. The van der Waals surface area contributed by atoms with Gasteiger partial charge in [0, 0.05) is 16.8 Å². The lowest BCUT2D eigenvalue weighted by atomic mass is 10.3. The van der Waals surface area contributed by atoms with Crippen LogP contribution < -0.4 is 5.32 Å². The molecule has 1 amide bonds. The van der Waals surface area contributed by atoms with Crippen LogP contribution >= 0.6 is 23.1 Å². The summed E-state index contributed by atoms with van der Waals surface area (Å²) in [4.78, 5) is 25.4. The van der Waals surface area contributed by atoms with Crippen LogP contribution in [0.25, 0.3) is 0 Å². The van der Waals surface area contributed by atoms with Crippen molar-refractivity contribution in [1.29, 1.82) is 0 Å². The topological polar surface area (TPSA) is 86.1 Å². The van der Waals surface area contributed by atoms with E-state index in [1.165, 1.54) is 23.1 Å². The molecular weight excluding hydrogens is 384 g/mol. The van der Waals surface area contributed by atoms with Crippen LogP contribution in [0.15, 0.2) is 11.2 Å². The molecular formula is C18H24N4O3S2. The summed E-state index contributed by atoms with van der Waals surface area (Å²) in [7, 11) is 0. The predicted octanol–water partition coefficient (Wildman–Crippen LogP) is 4.01. The minimum absolute atomic E-state index is 0.182. The summed E-state index contributed by atoms with van der Waals surface area (Å²) in [6.45, 7) is 8.14. The average molecular weight is 409 g/mol. The molecule has 1 fully saturated rings. The van der Waals surface area contributed by atoms with Crippen molar-refractivity contribution in [2.75, 3.05) is 17.7 Å². The third-order valence-electron chi connectivity index (χ3n) is 4.09. The first-order chi connectivity index (χ1) is 12.9. The largest absolute Gasteiger partial charge is 0.462 e. The van der Waals surface area contributed by atoms with Crippen molar-refractivity contribution in [3.63, 3.8) is 0 Å². The first-order valence-corrected chi connectivity index (χ1v) is 10.9. The molecule has 1 aliphatic carbocycles. The fourth-order valence-corrected chi connectivity index (χ4v) is 4.54. The third kappa shape index (κ3) is 4.70. The number of aryl methyl sites for hydroxylation is 1. The van der Waals surface area contributed by atoms with Crippen molar-refractivity contribution in [2.24, 2.45) is 0 Å². The van der Waals surface area contributed by atoms with E-state index in [1.807, 2.05) is 6.92 Å². The van der Waals surface area contributed by atoms with Crippen LogP contribution in [0.1, 0.15) is 66.6 Å². The Morgan fingerprint density at radius 2 is 2.15 bits per heavy atom. The Labute approximate surface area is 166 Å². The molecule has 1 N–H and O–H groups in total. The Morgan fingerprint density at radius 3 is 2.78 bits per heavy atom. The minimum Gasteiger partial charge on any atom is -0.462 e. The average Bonchev–Trinajstić information content (AvgIpc) is 3.25. The molecule has 146 valence electrons. The molecule has 0 aromatic carbocycles. The van der Waals surface area contributed by atoms with Gasteiger partial charge in [-0.05, 0) is 46.6 Å². The lowest BCUT2D eigenvalue weighted by molar-refractivity contribution is -0.113. The first-order valence-electron chi connectivity index (χ1n) is 9.05. The second-order valence-electron chi connectivity index (χ2n) is 6.74. The first kappa shape index (κ1) is 19.9. The Hall–Kier alpha value is -1.87. The number of hydrogen-bond acceptors (Lipinski definition) is 7. The summed E-state index contributed by atoms with van der Waals surface area (Å²) < 4.78 is 7.18. The zero-order valence-corrected chi connectivity index (χ0v) is 17.6. The summed E-state index contributed by atoms with van der Waals surface area (Å²) in [5.41, 5.74) is 0.402. The molecule has 3 rings (SSSR count). The van der Waals surface area contributed by atoms with Gasteiger partial charge in [-0.15, -0.1) is 21.5 Å². The number of ether oxygens (including phenoxy) is 1. The van der Waals surface area contributed by atoms with Gasteiger partial charge in [-0.2, -0.15) is 0 Å². The smallest absolute Gasteiger partial charge is 0.341 e. The van der Waals surface area contributed by atoms with Crippen molar-refractivity contribution >= 4 is 40.0 Å². The Bertz CT molecular complexity index is 840. The van der Waals surface area contributed by atoms with E-state index in [0.29, 0.717) is 23.1 Å². The molecule has 1 aliphatic rings. The van der Waals surface area contributed by atoms with Crippen LogP contribution in [0, 0.1) is 6.92 Å². The number of esters is 1. The lowest BCUT2D eigenvalue weighted by Crippen LogP contribution is -2.16. The van der Waals surface area contributed by atoms with E-state index >= 15 is 0 Å². The maximum atomic E-state index is 12.4. The number of thiophene rings is 1. The Balaban J connectivity index is 1.65. The number of nitrogens with zero attached hydrogens (tertiary/aromatic N) is 3. The molecule has 2 aromatic rings. The second kappa shape index (κ2) is 8.43. The van der Waals surface area contributed by atoms with Gasteiger partial charge in [0.1, 0.15) is 10.8 Å². The van der Waals surface area contributed by atoms with Crippen LogP contribution in [0.3, 0.4) is 0 Å². The molecule has 0 saturated heterocycles. The number of hydrogen-bond donors (Lipinski definition) is 1. The molecule has 2 aromatic heterocycles. The van der Waals surface area contributed by atoms with Gasteiger partial charge in [-0.1, -0.05) is 11.8 Å². The van der Waals surface area contributed by atoms with E-state index in [-0.39, 0.29) is 17.7 Å². The number of thioether (sulfide) groups is 1. The van der Waals surface area contributed by atoms with Gasteiger partial charge in [-0.25, -0.2) is 4.79 Å². The van der Waals surface area contributed by atoms with E-state index < -0.39 is 5.97 Å². The Morgan fingerprint density at radius 1 is 1.41 bits per heavy atom. The van der Waals surface area contributed by atoms with Crippen LogP contribution in [0.4, 0.5) is 5.00 Å². The molecule has 0 atom stereocenters. The predicted molar refractivity (Wildman–Crippen MR) is 107 cm³/mol. The van der Waals surface area contributed by atoms with Gasteiger partial charge in [0.25, 0.3) is 0 Å². The van der Waals surface area contributed by atoms with Crippen LogP contribution in [0.5, 0.6) is 0 Å². The molecule has 0 radical (unpaired) electrons. The van der Waals surface area contributed by atoms with Gasteiger partial charge in [0.15, 0.2) is 5.16 Å². The van der Waals surface area contributed by atoms with E-state index in [0.717, 1.165) is 28.7 Å². The summed E-state index contributed by atoms with van der Waals surface area (Å²) in [5.74, 6) is 1.13. The number of nitrogens with one attached hydrogen (secondary N) is 1. The normalized spacial score (nSPS) is 13.8. The number of rotatable bonds is 8. The van der Waals surface area contributed by atoms with Crippen molar-refractivity contribution in [1.82, 2.24) is 14.8 Å². The highest BCUT2D eigenvalue weighted by molar-refractivity contribution is 7.99. The highest BCUT2D eigenvalue weighted by Crippen LogP contribution is 2.41. The molecule has 2 heterocycles. The third-order valence-corrected chi connectivity index (χ3v) is 5.99.